The maximum atomic E-state index is 12.1. The molecule has 0 aliphatic heterocycles. The summed E-state index contributed by atoms with van der Waals surface area (Å²) in [6.45, 7) is 2.62. The van der Waals surface area contributed by atoms with Gasteiger partial charge in [0, 0.05) is 5.38 Å². The van der Waals surface area contributed by atoms with Gasteiger partial charge in [-0.2, -0.15) is 5.26 Å². The fourth-order valence-electron chi connectivity index (χ4n) is 2.24. The number of ether oxygens (including phenoxy) is 3. The van der Waals surface area contributed by atoms with Crippen LogP contribution in [-0.4, -0.2) is 24.2 Å². The van der Waals surface area contributed by atoms with Crippen LogP contribution >= 0.6 is 11.3 Å². The first-order valence-electron chi connectivity index (χ1n) is 8.58. The molecule has 0 saturated heterocycles. The summed E-state index contributed by atoms with van der Waals surface area (Å²) in [7, 11) is 0. The monoisotopic (exact) mass is 394 g/mol. The second-order valence-corrected chi connectivity index (χ2v) is 6.79. The molecule has 0 aliphatic carbocycles. The van der Waals surface area contributed by atoms with Gasteiger partial charge in [-0.3, -0.25) is 0 Å². The number of aryl methyl sites for hydroxylation is 1. The molecule has 0 amide bonds. The van der Waals surface area contributed by atoms with Gasteiger partial charge in [0.15, 0.2) is 5.69 Å². The molecule has 0 aliphatic rings. The number of aromatic nitrogens is 1. The van der Waals surface area contributed by atoms with Crippen LogP contribution in [0.4, 0.5) is 0 Å². The molecule has 1 heterocycles. The Morgan fingerprint density at radius 2 is 1.71 bits per heavy atom. The van der Waals surface area contributed by atoms with Crippen LogP contribution in [0, 0.1) is 18.3 Å². The molecule has 28 heavy (non-hydrogen) atoms. The molecule has 0 atom stereocenters. The first-order valence-corrected chi connectivity index (χ1v) is 9.46. The average molecular weight is 394 g/mol. The fraction of sp³-hybridized carbons (Fsp3) is 0.190. The van der Waals surface area contributed by atoms with Crippen LogP contribution in [0.2, 0.25) is 0 Å². The van der Waals surface area contributed by atoms with E-state index in [-0.39, 0.29) is 18.9 Å². The lowest BCUT2D eigenvalue weighted by atomic mass is 10.2. The number of hydrogen-bond donors (Lipinski definition) is 0. The van der Waals surface area contributed by atoms with Crippen molar-refractivity contribution in [1.29, 1.82) is 5.26 Å². The zero-order valence-corrected chi connectivity index (χ0v) is 16.1. The minimum atomic E-state index is -0.499. The van der Waals surface area contributed by atoms with Gasteiger partial charge >= 0.3 is 5.97 Å². The van der Waals surface area contributed by atoms with Gasteiger partial charge in [-0.05, 0) is 43.3 Å². The summed E-state index contributed by atoms with van der Waals surface area (Å²) in [6, 6.07) is 16.5. The van der Waals surface area contributed by atoms with Crippen molar-refractivity contribution >= 4 is 17.3 Å². The fourth-order valence-corrected chi connectivity index (χ4v) is 2.92. The Bertz CT molecular complexity index is 959. The summed E-state index contributed by atoms with van der Waals surface area (Å²) in [5.74, 6) is 0.866. The first kappa shape index (κ1) is 19.4. The van der Waals surface area contributed by atoms with E-state index in [1.165, 1.54) is 11.3 Å². The number of carbonyl (C=O) groups is 1. The number of nitriles is 1. The summed E-state index contributed by atoms with van der Waals surface area (Å²) < 4.78 is 16.3. The van der Waals surface area contributed by atoms with Crippen LogP contribution in [0.15, 0.2) is 53.9 Å². The molecule has 3 aromatic rings. The second kappa shape index (κ2) is 9.53. The van der Waals surface area contributed by atoms with Gasteiger partial charge in [0.1, 0.15) is 36.3 Å². The van der Waals surface area contributed by atoms with E-state index >= 15 is 0 Å². The average Bonchev–Trinajstić information content (AvgIpc) is 3.20. The van der Waals surface area contributed by atoms with Crippen molar-refractivity contribution in [3.05, 3.63) is 75.7 Å². The minimum absolute atomic E-state index is 0.103. The summed E-state index contributed by atoms with van der Waals surface area (Å²) in [4.78, 5) is 16.3. The molecule has 0 spiro atoms. The first-order chi connectivity index (χ1) is 13.6. The van der Waals surface area contributed by atoms with Gasteiger partial charge in [-0.25, -0.2) is 9.78 Å². The predicted octanol–water partition coefficient (Wildman–Crippen LogP) is 4.14. The lowest BCUT2D eigenvalue weighted by Crippen LogP contribution is -2.12. The van der Waals surface area contributed by atoms with E-state index in [0.717, 1.165) is 11.3 Å². The van der Waals surface area contributed by atoms with Gasteiger partial charge in [-0.1, -0.05) is 17.7 Å². The minimum Gasteiger partial charge on any atom is -0.490 e. The Morgan fingerprint density at radius 1 is 1.04 bits per heavy atom. The lowest BCUT2D eigenvalue weighted by molar-refractivity contribution is 0.0444. The van der Waals surface area contributed by atoms with Gasteiger partial charge in [0.2, 0.25) is 0 Å². The highest BCUT2D eigenvalue weighted by atomic mass is 32.1. The SMILES string of the molecule is Cc1ccc(OCc2nc(C(=O)OCCOc3ccc(C#N)cc3)cs2)cc1. The molecule has 0 unspecified atom stereocenters. The zero-order chi connectivity index (χ0) is 19.8. The molecule has 7 heteroatoms. The number of benzene rings is 2. The smallest absolute Gasteiger partial charge is 0.357 e. The number of esters is 1. The maximum absolute atomic E-state index is 12.1. The molecule has 6 nitrogen and oxygen atoms in total. The molecule has 0 saturated carbocycles. The van der Waals surface area contributed by atoms with E-state index in [1.807, 2.05) is 37.3 Å². The summed E-state index contributed by atoms with van der Waals surface area (Å²) in [6.07, 6.45) is 0. The zero-order valence-electron chi connectivity index (χ0n) is 15.3. The number of rotatable bonds is 8. The molecule has 142 valence electrons. The van der Waals surface area contributed by atoms with Crippen molar-refractivity contribution in [3.8, 4) is 17.6 Å². The third-order valence-electron chi connectivity index (χ3n) is 3.71. The Morgan fingerprint density at radius 3 is 2.43 bits per heavy atom. The number of thiazole rings is 1. The van der Waals surface area contributed by atoms with Crippen molar-refractivity contribution in [1.82, 2.24) is 4.98 Å². The van der Waals surface area contributed by atoms with Crippen LogP contribution in [0.3, 0.4) is 0 Å². The molecular formula is C21H18N2O4S. The molecule has 3 rings (SSSR count). The highest BCUT2D eigenvalue weighted by Crippen LogP contribution is 2.17. The quantitative estimate of drug-likeness (QED) is 0.422. The third kappa shape index (κ3) is 5.56. The van der Waals surface area contributed by atoms with Crippen molar-refractivity contribution in [3.63, 3.8) is 0 Å². The molecule has 2 aromatic carbocycles. The standard InChI is InChI=1S/C21H18N2O4S/c1-15-2-6-18(7-3-15)27-13-20-23-19(14-28-20)21(24)26-11-10-25-17-8-4-16(12-22)5-9-17/h2-9,14H,10-11,13H2,1H3. The lowest BCUT2D eigenvalue weighted by Gasteiger charge is -2.06. The molecule has 0 N–H and O–H groups in total. The molecule has 0 bridgehead atoms. The van der Waals surface area contributed by atoms with Crippen LogP contribution in [0.5, 0.6) is 11.5 Å². The van der Waals surface area contributed by atoms with Crippen LogP contribution in [-0.2, 0) is 11.3 Å². The van der Waals surface area contributed by atoms with Crippen LogP contribution in [0.25, 0.3) is 0 Å². The van der Waals surface area contributed by atoms with Crippen molar-refractivity contribution in [2.75, 3.05) is 13.2 Å². The Balaban J connectivity index is 1.40. The number of nitrogens with zero attached hydrogens (tertiary/aromatic N) is 2. The van der Waals surface area contributed by atoms with E-state index < -0.39 is 5.97 Å². The Hall–Kier alpha value is -3.37. The van der Waals surface area contributed by atoms with Gasteiger partial charge in [0.05, 0.1) is 11.6 Å². The second-order valence-electron chi connectivity index (χ2n) is 5.85. The van der Waals surface area contributed by atoms with Crippen molar-refractivity contribution in [2.45, 2.75) is 13.5 Å². The highest BCUT2D eigenvalue weighted by Gasteiger charge is 2.12. The summed E-state index contributed by atoms with van der Waals surface area (Å²) >= 11 is 1.35. The number of carbonyl (C=O) groups excluding carboxylic acids is 1. The largest absolute Gasteiger partial charge is 0.490 e. The normalized spacial score (nSPS) is 10.1. The highest BCUT2D eigenvalue weighted by molar-refractivity contribution is 7.09. The van der Waals surface area contributed by atoms with Crippen molar-refractivity contribution < 1.29 is 19.0 Å². The molecule has 1 aromatic heterocycles. The molecule has 0 radical (unpaired) electrons. The summed E-state index contributed by atoms with van der Waals surface area (Å²) in [5.41, 5.74) is 1.98. The van der Waals surface area contributed by atoms with Gasteiger partial charge < -0.3 is 14.2 Å². The third-order valence-corrected chi connectivity index (χ3v) is 4.54. The van der Waals surface area contributed by atoms with Gasteiger partial charge in [0.25, 0.3) is 0 Å². The van der Waals surface area contributed by atoms with E-state index in [2.05, 4.69) is 4.98 Å². The molecule has 0 fully saturated rings. The van der Waals surface area contributed by atoms with E-state index in [4.69, 9.17) is 19.5 Å². The van der Waals surface area contributed by atoms with Crippen molar-refractivity contribution in [2.24, 2.45) is 0 Å². The maximum Gasteiger partial charge on any atom is 0.357 e. The van der Waals surface area contributed by atoms with E-state index in [1.54, 1.807) is 29.6 Å². The Kier molecular flexibility index (Phi) is 6.60. The van der Waals surface area contributed by atoms with E-state index in [0.29, 0.717) is 22.9 Å². The van der Waals surface area contributed by atoms with Crippen LogP contribution in [0.1, 0.15) is 26.6 Å². The topological polar surface area (TPSA) is 81.4 Å². The van der Waals surface area contributed by atoms with Gasteiger partial charge in [-0.15, -0.1) is 11.3 Å². The summed E-state index contributed by atoms with van der Waals surface area (Å²) in [5, 5.41) is 11.1. The van der Waals surface area contributed by atoms with E-state index in [9.17, 15) is 4.79 Å². The molecular weight excluding hydrogens is 376 g/mol. The Labute approximate surface area is 166 Å². The van der Waals surface area contributed by atoms with Crippen LogP contribution < -0.4 is 9.47 Å². The number of hydrogen-bond acceptors (Lipinski definition) is 7. The predicted molar refractivity (Wildman–Crippen MR) is 105 cm³/mol.